The minimum Gasteiger partial charge on any atom is -0.397 e. The number of nitrogens with two attached hydrogens (primary N) is 1. The standard InChI is InChI=1S/C15H25N3O2S/c1-4-18-9-7-13(8-10-18)17-21(19,20)15-12(3)6-5-11(2)14(15)16/h5-6,13,17H,4,7-10,16H2,1-3H3. The van der Waals surface area contributed by atoms with Gasteiger partial charge < -0.3 is 10.6 Å². The zero-order valence-corrected chi connectivity index (χ0v) is 13.8. The monoisotopic (exact) mass is 311 g/mol. The first-order valence-corrected chi connectivity index (χ1v) is 8.94. The van der Waals surface area contributed by atoms with Crippen molar-refractivity contribution in [2.75, 3.05) is 25.4 Å². The van der Waals surface area contributed by atoms with Crippen LogP contribution in [0.4, 0.5) is 5.69 Å². The summed E-state index contributed by atoms with van der Waals surface area (Å²) in [7, 11) is -3.56. The molecule has 1 aliphatic rings. The molecule has 1 aromatic carbocycles. The highest BCUT2D eigenvalue weighted by atomic mass is 32.2. The molecule has 6 heteroatoms. The van der Waals surface area contributed by atoms with Crippen molar-refractivity contribution in [2.24, 2.45) is 0 Å². The molecule has 1 aliphatic heterocycles. The molecule has 3 N–H and O–H groups in total. The topological polar surface area (TPSA) is 75.4 Å². The van der Waals surface area contributed by atoms with Gasteiger partial charge >= 0.3 is 0 Å². The van der Waals surface area contributed by atoms with Crippen molar-refractivity contribution >= 4 is 15.7 Å². The fourth-order valence-electron chi connectivity index (χ4n) is 2.81. The Balaban J connectivity index is 2.18. The number of nitrogen functional groups attached to an aromatic ring is 1. The first-order chi connectivity index (χ1) is 9.85. The summed E-state index contributed by atoms with van der Waals surface area (Å²) in [6.45, 7) is 8.63. The molecule has 21 heavy (non-hydrogen) atoms. The van der Waals surface area contributed by atoms with E-state index in [2.05, 4.69) is 16.5 Å². The first kappa shape index (κ1) is 16.3. The van der Waals surface area contributed by atoms with E-state index < -0.39 is 10.0 Å². The van der Waals surface area contributed by atoms with Gasteiger partial charge in [-0.25, -0.2) is 13.1 Å². The molecule has 0 aliphatic carbocycles. The molecule has 0 spiro atoms. The number of likely N-dealkylation sites (tertiary alicyclic amines) is 1. The Morgan fingerprint density at radius 1 is 1.24 bits per heavy atom. The van der Waals surface area contributed by atoms with Gasteiger partial charge in [0.25, 0.3) is 0 Å². The molecule has 1 fully saturated rings. The lowest BCUT2D eigenvalue weighted by molar-refractivity contribution is 0.217. The molecule has 0 saturated carbocycles. The predicted molar refractivity (Wildman–Crippen MR) is 85.8 cm³/mol. The van der Waals surface area contributed by atoms with Crippen molar-refractivity contribution < 1.29 is 8.42 Å². The van der Waals surface area contributed by atoms with E-state index in [0.717, 1.165) is 38.0 Å². The molecule has 1 saturated heterocycles. The Morgan fingerprint density at radius 2 is 1.81 bits per heavy atom. The van der Waals surface area contributed by atoms with Crippen molar-refractivity contribution in [3.63, 3.8) is 0 Å². The van der Waals surface area contributed by atoms with Gasteiger partial charge in [-0.05, 0) is 57.5 Å². The van der Waals surface area contributed by atoms with Crippen LogP contribution in [0.2, 0.25) is 0 Å². The molecule has 2 rings (SSSR count). The van der Waals surface area contributed by atoms with Crippen LogP contribution in [0.5, 0.6) is 0 Å². The minimum atomic E-state index is -3.56. The van der Waals surface area contributed by atoms with E-state index in [0.29, 0.717) is 11.3 Å². The van der Waals surface area contributed by atoms with Crippen molar-refractivity contribution in [1.82, 2.24) is 9.62 Å². The minimum absolute atomic E-state index is 0.00267. The number of benzene rings is 1. The van der Waals surface area contributed by atoms with Crippen LogP contribution >= 0.6 is 0 Å². The zero-order valence-electron chi connectivity index (χ0n) is 13.0. The van der Waals surface area contributed by atoms with E-state index in [1.54, 1.807) is 13.0 Å². The zero-order chi connectivity index (χ0) is 15.6. The number of hydrogen-bond acceptors (Lipinski definition) is 4. The average molecular weight is 311 g/mol. The first-order valence-electron chi connectivity index (χ1n) is 7.45. The summed E-state index contributed by atoms with van der Waals surface area (Å²) < 4.78 is 28.1. The number of nitrogens with one attached hydrogen (secondary N) is 1. The number of hydrogen-bond donors (Lipinski definition) is 2. The van der Waals surface area contributed by atoms with Crippen molar-refractivity contribution in [2.45, 2.75) is 44.6 Å². The van der Waals surface area contributed by atoms with Crippen LogP contribution in [-0.4, -0.2) is 39.0 Å². The van der Waals surface area contributed by atoms with E-state index in [1.165, 1.54) is 0 Å². The molecule has 118 valence electrons. The van der Waals surface area contributed by atoms with Crippen LogP contribution < -0.4 is 10.5 Å². The molecular weight excluding hydrogens is 286 g/mol. The Morgan fingerprint density at radius 3 is 2.38 bits per heavy atom. The molecule has 5 nitrogen and oxygen atoms in total. The lowest BCUT2D eigenvalue weighted by Gasteiger charge is -2.31. The second kappa shape index (κ2) is 6.34. The molecule has 1 aromatic rings. The quantitative estimate of drug-likeness (QED) is 0.829. The molecule has 0 amide bonds. The normalized spacial score (nSPS) is 18.0. The van der Waals surface area contributed by atoms with Crippen molar-refractivity contribution in [3.05, 3.63) is 23.3 Å². The highest BCUT2D eigenvalue weighted by molar-refractivity contribution is 7.89. The van der Waals surface area contributed by atoms with Crippen molar-refractivity contribution in [3.8, 4) is 0 Å². The van der Waals surface area contributed by atoms with Gasteiger partial charge in [0.05, 0.1) is 5.69 Å². The van der Waals surface area contributed by atoms with Crippen LogP contribution in [0.1, 0.15) is 30.9 Å². The Bertz CT molecular complexity index is 606. The molecule has 1 heterocycles. The number of piperidine rings is 1. The molecule has 0 atom stereocenters. The molecule has 0 aromatic heterocycles. The highest BCUT2D eigenvalue weighted by Crippen LogP contribution is 2.26. The molecule has 0 bridgehead atoms. The highest BCUT2D eigenvalue weighted by Gasteiger charge is 2.27. The second-order valence-electron chi connectivity index (χ2n) is 5.77. The second-order valence-corrected chi connectivity index (χ2v) is 7.42. The molecular formula is C15H25N3O2S. The number of aryl methyl sites for hydroxylation is 2. The number of sulfonamides is 1. The smallest absolute Gasteiger partial charge is 0.243 e. The van der Waals surface area contributed by atoms with Gasteiger partial charge in [0.2, 0.25) is 10.0 Å². The lowest BCUT2D eigenvalue weighted by atomic mass is 10.1. The van der Waals surface area contributed by atoms with Gasteiger partial charge in [-0.3, -0.25) is 0 Å². The van der Waals surface area contributed by atoms with Gasteiger partial charge in [-0.2, -0.15) is 0 Å². The summed E-state index contributed by atoms with van der Waals surface area (Å²) in [6.07, 6.45) is 1.69. The van der Waals surface area contributed by atoms with Gasteiger partial charge in [-0.15, -0.1) is 0 Å². The summed E-state index contributed by atoms with van der Waals surface area (Å²) >= 11 is 0. The average Bonchev–Trinajstić information content (AvgIpc) is 2.43. The third kappa shape index (κ3) is 3.56. The van der Waals surface area contributed by atoms with Crippen molar-refractivity contribution in [1.29, 1.82) is 0 Å². The molecule has 0 unspecified atom stereocenters. The van der Waals surface area contributed by atoms with E-state index in [1.807, 2.05) is 13.0 Å². The summed E-state index contributed by atoms with van der Waals surface area (Å²) in [5.41, 5.74) is 7.83. The largest absolute Gasteiger partial charge is 0.397 e. The van der Waals surface area contributed by atoms with E-state index in [-0.39, 0.29) is 10.9 Å². The third-order valence-corrected chi connectivity index (χ3v) is 5.96. The van der Waals surface area contributed by atoms with Gasteiger partial charge in [0.1, 0.15) is 4.90 Å². The lowest BCUT2D eigenvalue weighted by Crippen LogP contribution is -2.44. The maximum absolute atomic E-state index is 12.6. The summed E-state index contributed by atoms with van der Waals surface area (Å²) in [6, 6.07) is 3.65. The van der Waals surface area contributed by atoms with Crippen LogP contribution in [0.3, 0.4) is 0 Å². The fourth-order valence-corrected chi connectivity index (χ4v) is 4.54. The Hall–Kier alpha value is -1.11. The third-order valence-electron chi connectivity index (χ3n) is 4.24. The fraction of sp³-hybridized carbons (Fsp3) is 0.600. The summed E-state index contributed by atoms with van der Waals surface area (Å²) in [5, 5.41) is 0. The summed E-state index contributed by atoms with van der Waals surface area (Å²) in [4.78, 5) is 2.57. The number of nitrogens with zero attached hydrogens (tertiary/aromatic N) is 1. The Labute approximate surface area is 127 Å². The van der Waals surface area contributed by atoms with Gasteiger partial charge in [-0.1, -0.05) is 19.1 Å². The predicted octanol–water partition coefficient (Wildman–Crippen LogP) is 1.65. The maximum Gasteiger partial charge on any atom is 0.243 e. The SMILES string of the molecule is CCN1CCC(NS(=O)(=O)c2c(C)ccc(C)c2N)CC1. The number of anilines is 1. The van der Waals surface area contributed by atoms with Gasteiger partial charge in [0.15, 0.2) is 0 Å². The Kier molecular flexibility index (Phi) is 4.91. The molecule has 0 radical (unpaired) electrons. The summed E-state index contributed by atoms with van der Waals surface area (Å²) in [5.74, 6) is 0. The van der Waals surface area contributed by atoms with E-state index in [4.69, 9.17) is 5.73 Å². The number of rotatable bonds is 4. The van der Waals surface area contributed by atoms with Crippen LogP contribution in [0.15, 0.2) is 17.0 Å². The maximum atomic E-state index is 12.6. The van der Waals surface area contributed by atoms with E-state index >= 15 is 0 Å². The van der Waals surface area contributed by atoms with E-state index in [9.17, 15) is 8.42 Å². The van der Waals surface area contributed by atoms with Crippen LogP contribution in [0, 0.1) is 13.8 Å². The van der Waals surface area contributed by atoms with Crippen LogP contribution in [0.25, 0.3) is 0 Å². The van der Waals surface area contributed by atoms with Gasteiger partial charge in [0, 0.05) is 6.04 Å². The van der Waals surface area contributed by atoms with Crippen LogP contribution in [-0.2, 0) is 10.0 Å².